The molecule has 98 valence electrons. The predicted molar refractivity (Wildman–Crippen MR) is 67.3 cm³/mol. The number of carbonyl (C=O) groups is 1. The third-order valence-electron chi connectivity index (χ3n) is 2.55. The molecule has 0 unspecified atom stereocenters. The molecular formula is C14H11F2NO2. The lowest BCUT2D eigenvalue weighted by molar-refractivity contribution is 0.102. The second kappa shape index (κ2) is 5.48. The number of carbonyl (C=O) groups excluding carboxylic acids is 1. The summed E-state index contributed by atoms with van der Waals surface area (Å²) in [6.07, 6.45) is 0. The summed E-state index contributed by atoms with van der Waals surface area (Å²) in [7, 11) is 1.41. The zero-order valence-electron chi connectivity index (χ0n) is 10.1. The van der Waals surface area contributed by atoms with Crippen LogP contribution in [0, 0.1) is 11.6 Å². The van der Waals surface area contributed by atoms with Gasteiger partial charge in [0, 0.05) is 0 Å². The molecule has 0 atom stereocenters. The van der Waals surface area contributed by atoms with E-state index in [-0.39, 0.29) is 5.56 Å². The quantitative estimate of drug-likeness (QED) is 0.923. The lowest BCUT2D eigenvalue weighted by Gasteiger charge is -2.10. The third-order valence-corrected chi connectivity index (χ3v) is 2.55. The molecule has 2 aromatic rings. The van der Waals surface area contributed by atoms with E-state index in [9.17, 15) is 13.6 Å². The number of nitrogens with one attached hydrogen (secondary N) is 1. The summed E-state index contributed by atoms with van der Waals surface area (Å²) in [5.74, 6) is -1.97. The summed E-state index contributed by atoms with van der Waals surface area (Å²) >= 11 is 0. The topological polar surface area (TPSA) is 38.3 Å². The van der Waals surface area contributed by atoms with Crippen LogP contribution in [-0.2, 0) is 0 Å². The average molecular weight is 263 g/mol. The van der Waals surface area contributed by atoms with Crippen LogP contribution in [0.2, 0.25) is 0 Å². The van der Waals surface area contributed by atoms with Gasteiger partial charge in [-0.2, -0.15) is 0 Å². The molecule has 1 N–H and O–H groups in total. The van der Waals surface area contributed by atoms with Crippen LogP contribution in [0.5, 0.6) is 5.75 Å². The van der Waals surface area contributed by atoms with E-state index < -0.39 is 23.2 Å². The second-order valence-corrected chi connectivity index (χ2v) is 3.75. The molecular weight excluding hydrogens is 252 g/mol. The van der Waals surface area contributed by atoms with Gasteiger partial charge in [-0.15, -0.1) is 0 Å². The van der Waals surface area contributed by atoms with E-state index in [1.54, 1.807) is 18.2 Å². The summed E-state index contributed by atoms with van der Waals surface area (Å²) in [5, 5.41) is 2.20. The van der Waals surface area contributed by atoms with Crippen molar-refractivity contribution in [3.8, 4) is 5.75 Å². The van der Waals surface area contributed by atoms with Crippen LogP contribution in [-0.4, -0.2) is 13.0 Å². The Kier molecular flexibility index (Phi) is 3.75. The highest BCUT2D eigenvalue weighted by molar-refractivity contribution is 6.06. The van der Waals surface area contributed by atoms with Gasteiger partial charge in [-0.3, -0.25) is 4.79 Å². The number of ether oxygens (including phenoxy) is 1. The number of para-hydroxylation sites is 2. The number of hydrogen-bond acceptors (Lipinski definition) is 2. The van der Waals surface area contributed by atoms with E-state index >= 15 is 0 Å². The zero-order valence-corrected chi connectivity index (χ0v) is 10.1. The van der Waals surface area contributed by atoms with Crippen LogP contribution in [0.1, 0.15) is 10.4 Å². The molecule has 0 aromatic heterocycles. The fraction of sp³-hybridized carbons (Fsp3) is 0.0714. The number of amides is 1. The van der Waals surface area contributed by atoms with Gasteiger partial charge >= 0.3 is 0 Å². The first-order valence-corrected chi connectivity index (χ1v) is 5.52. The van der Waals surface area contributed by atoms with E-state index in [1.165, 1.54) is 19.2 Å². The van der Waals surface area contributed by atoms with Crippen LogP contribution in [0.25, 0.3) is 0 Å². The molecule has 19 heavy (non-hydrogen) atoms. The van der Waals surface area contributed by atoms with Crippen molar-refractivity contribution in [2.75, 3.05) is 12.4 Å². The molecule has 0 aliphatic rings. The second-order valence-electron chi connectivity index (χ2n) is 3.75. The van der Waals surface area contributed by atoms with E-state index in [1.807, 2.05) is 0 Å². The minimum absolute atomic E-state index is 0.202. The monoisotopic (exact) mass is 263 g/mol. The van der Waals surface area contributed by atoms with Crippen molar-refractivity contribution in [3.63, 3.8) is 0 Å². The molecule has 1 amide bonds. The van der Waals surface area contributed by atoms with Gasteiger partial charge < -0.3 is 10.1 Å². The molecule has 3 nitrogen and oxygen atoms in total. The van der Waals surface area contributed by atoms with Crippen LogP contribution in [0.4, 0.5) is 14.5 Å². The van der Waals surface area contributed by atoms with Gasteiger partial charge in [-0.25, -0.2) is 8.78 Å². The minimum atomic E-state index is -0.830. The van der Waals surface area contributed by atoms with Gasteiger partial charge in [0.1, 0.15) is 23.1 Å². The molecule has 2 rings (SSSR count). The fourth-order valence-corrected chi connectivity index (χ4v) is 1.63. The first-order chi connectivity index (χ1) is 9.13. The van der Waals surface area contributed by atoms with Crippen LogP contribution >= 0.6 is 0 Å². The molecule has 0 aliphatic carbocycles. The van der Waals surface area contributed by atoms with Crippen molar-refractivity contribution in [3.05, 3.63) is 59.7 Å². The maximum absolute atomic E-state index is 13.4. The molecule has 0 saturated heterocycles. The van der Waals surface area contributed by atoms with Crippen LogP contribution in [0.15, 0.2) is 42.5 Å². The predicted octanol–water partition coefficient (Wildman–Crippen LogP) is 3.23. The van der Waals surface area contributed by atoms with Gasteiger partial charge in [0.2, 0.25) is 0 Å². The van der Waals surface area contributed by atoms with Crippen molar-refractivity contribution in [1.29, 1.82) is 0 Å². The Morgan fingerprint density at radius 1 is 1.05 bits per heavy atom. The van der Waals surface area contributed by atoms with E-state index in [2.05, 4.69) is 5.32 Å². The normalized spacial score (nSPS) is 10.1. The van der Waals surface area contributed by atoms with Crippen molar-refractivity contribution >= 4 is 11.6 Å². The fourth-order valence-electron chi connectivity index (χ4n) is 1.63. The molecule has 0 bridgehead atoms. The molecule has 0 spiro atoms. The van der Waals surface area contributed by atoms with Crippen LogP contribution in [0.3, 0.4) is 0 Å². The Labute approximate surface area is 108 Å². The molecule has 0 heterocycles. The summed E-state index contributed by atoms with van der Waals surface area (Å²) in [6.45, 7) is 0. The number of rotatable bonds is 3. The van der Waals surface area contributed by atoms with E-state index in [4.69, 9.17) is 4.74 Å². The maximum Gasteiger partial charge on any atom is 0.259 e. The highest BCUT2D eigenvalue weighted by Crippen LogP contribution is 2.22. The molecule has 5 heteroatoms. The van der Waals surface area contributed by atoms with Gasteiger partial charge in [0.25, 0.3) is 5.91 Å². The van der Waals surface area contributed by atoms with Crippen LogP contribution < -0.4 is 10.1 Å². The lowest BCUT2D eigenvalue weighted by atomic mass is 10.2. The molecule has 2 aromatic carbocycles. The highest BCUT2D eigenvalue weighted by atomic mass is 19.1. The summed E-state index contributed by atoms with van der Waals surface area (Å²) in [6, 6.07) is 9.79. The SMILES string of the molecule is COc1ccccc1C(=O)Nc1c(F)cccc1F. The summed E-state index contributed by atoms with van der Waals surface area (Å²) < 4.78 is 31.9. The average Bonchev–Trinajstić information content (AvgIpc) is 2.42. The zero-order chi connectivity index (χ0) is 13.8. The van der Waals surface area contributed by atoms with Crippen molar-refractivity contribution in [1.82, 2.24) is 0 Å². The highest BCUT2D eigenvalue weighted by Gasteiger charge is 2.16. The Morgan fingerprint density at radius 2 is 1.68 bits per heavy atom. The molecule has 0 radical (unpaired) electrons. The van der Waals surface area contributed by atoms with Gasteiger partial charge in [-0.1, -0.05) is 18.2 Å². The Bertz CT molecular complexity index is 594. The largest absolute Gasteiger partial charge is 0.496 e. The summed E-state index contributed by atoms with van der Waals surface area (Å²) in [5.41, 5.74) is -0.272. The smallest absolute Gasteiger partial charge is 0.259 e. The Balaban J connectivity index is 2.31. The molecule has 0 saturated carbocycles. The Hall–Kier alpha value is -2.43. The van der Waals surface area contributed by atoms with Crippen molar-refractivity contribution in [2.45, 2.75) is 0 Å². The number of anilines is 1. The minimum Gasteiger partial charge on any atom is -0.496 e. The summed E-state index contributed by atoms with van der Waals surface area (Å²) in [4.78, 5) is 12.0. The van der Waals surface area contributed by atoms with Gasteiger partial charge in [0.15, 0.2) is 0 Å². The van der Waals surface area contributed by atoms with Gasteiger partial charge in [-0.05, 0) is 24.3 Å². The standard InChI is InChI=1S/C14H11F2NO2/c1-19-12-8-3-2-5-9(12)14(18)17-13-10(15)6-4-7-11(13)16/h2-8H,1H3,(H,17,18). The number of benzene rings is 2. The number of methoxy groups -OCH3 is 1. The van der Waals surface area contributed by atoms with Gasteiger partial charge in [0.05, 0.1) is 12.7 Å². The third kappa shape index (κ3) is 2.70. The molecule has 0 aliphatic heterocycles. The van der Waals surface area contributed by atoms with E-state index in [0.717, 1.165) is 12.1 Å². The molecule has 0 fully saturated rings. The van der Waals surface area contributed by atoms with Crippen molar-refractivity contribution < 1.29 is 18.3 Å². The lowest BCUT2D eigenvalue weighted by Crippen LogP contribution is -2.15. The first kappa shape index (κ1) is 13.0. The Morgan fingerprint density at radius 3 is 2.32 bits per heavy atom. The van der Waals surface area contributed by atoms with E-state index in [0.29, 0.717) is 5.75 Å². The number of hydrogen-bond donors (Lipinski definition) is 1. The number of halogens is 2. The van der Waals surface area contributed by atoms with Crippen molar-refractivity contribution in [2.24, 2.45) is 0 Å². The first-order valence-electron chi connectivity index (χ1n) is 5.52. The maximum atomic E-state index is 13.4.